The lowest BCUT2D eigenvalue weighted by molar-refractivity contribution is -0.128. The number of carbonyl (C=O) groups excluding carboxylic acids is 2. The fraction of sp³-hybridized carbons (Fsp3) is 0.600. The second kappa shape index (κ2) is 6.65. The Balaban J connectivity index is 1.46. The number of amides is 2. The van der Waals surface area contributed by atoms with Crippen molar-refractivity contribution in [1.82, 2.24) is 9.80 Å². The summed E-state index contributed by atoms with van der Waals surface area (Å²) in [5, 5.41) is 2.94. The van der Waals surface area contributed by atoms with Gasteiger partial charge in [0.2, 0.25) is 11.8 Å². The average molecular weight is 359 g/mol. The highest BCUT2D eigenvalue weighted by Crippen LogP contribution is 2.48. The molecule has 0 aromatic heterocycles. The topological polar surface area (TPSA) is 52.7 Å². The van der Waals surface area contributed by atoms with Crippen molar-refractivity contribution >= 4 is 17.5 Å². The van der Waals surface area contributed by atoms with Crippen LogP contribution in [0.5, 0.6) is 0 Å². The van der Waals surface area contributed by atoms with Crippen LogP contribution in [-0.4, -0.2) is 53.8 Å². The molecule has 1 saturated carbocycles. The maximum Gasteiger partial charge on any atom is 0.235 e. The molecule has 2 amide bonds. The first kappa shape index (κ1) is 17.5. The van der Waals surface area contributed by atoms with Gasteiger partial charge in [-0.3, -0.25) is 14.5 Å². The Hall–Kier alpha value is -1.95. The Morgan fingerprint density at radius 1 is 1.19 bits per heavy atom. The molecule has 0 atom stereocenters. The summed E-state index contributed by atoms with van der Waals surface area (Å²) in [4.78, 5) is 28.7. The van der Waals surface area contributed by atoms with Crippen molar-refractivity contribution in [3.8, 4) is 0 Å². The molecule has 1 aromatic rings. The van der Waals surface area contributed by atoms with Gasteiger partial charge in [-0.1, -0.05) is 0 Å². The van der Waals surface area contributed by atoms with E-state index >= 15 is 0 Å². The van der Waals surface area contributed by atoms with Crippen molar-refractivity contribution in [2.24, 2.45) is 0 Å². The predicted octanol–water partition coefficient (Wildman–Crippen LogP) is 2.51. The van der Waals surface area contributed by atoms with Crippen LogP contribution in [0.3, 0.4) is 0 Å². The van der Waals surface area contributed by atoms with Gasteiger partial charge in [0.1, 0.15) is 5.82 Å². The molecule has 1 N–H and O–H groups in total. The van der Waals surface area contributed by atoms with E-state index in [-0.39, 0.29) is 17.6 Å². The van der Waals surface area contributed by atoms with Gasteiger partial charge >= 0.3 is 0 Å². The summed E-state index contributed by atoms with van der Waals surface area (Å²) >= 11 is 0. The van der Waals surface area contributed by atoms with Crippen LogP contribution in [0.1, 0.15) is 44.6 Å². The second-order valence-electron chi connectivity index (χ2n) is 7.85. The van der Waals surface area contributed by atoms with Crippen molar-refractivity contribution in [2.45, 2.75) is 50.5 Å². The molecule has 0 radical (unpaired) electrons. The summed E-state index contributed by atoms with van der Waals surface area (Å²) in [6.45, 7) is 5.14. The van der Waals surface area contributed by atoms with Gasteiger partial charge in [-0.15, -0.1) is 0 Å². The maximum absolute atomic E-state index is 13.8. The van der Waals surface area contributed by atoms with Crippen LogP contribution >= 0.6 is 0 Å². The van der Waals surface area contributed by atoms with Crippen molar-refractivity contribution in [3.63, 3.8) is 0 Å². The van der Waals surface area contributed by atoms with Gasteiger partial charge in [0, 0.05) is 44.8 Å². The fourth-order valence-electron chi connectivity index (χ4n) is 4.96. The van der Waals surface area contributed by atoms with Gasteiger partial charge < -0.3 is 10.2 Å². The third-order valence-electron chi connectivity index (χ3n) is 6.48. The molecule has 3 aliphatic rings. The highest BCUT2D eigenvalue weighted by atomic mass is 19.1. The Morgan fingerprint density at radius 3 is 2.69 bits per heavy atom. The first-order valence-corrected chi connectivity index (χ1v) is 9.61. The lowest BCUT2D eigenvalue weighted by atomic mass is 9.68. The first-order valence-electron chi connectivity index (χ1n) is 9.61. The molecule has 26 heavy (non-hydrogen) atoms. The van der Waals surface area contributed by atoms with Crippen LogP contribution in [0.15, 0.2) is 18.2 Å². The van der Waals surface area contributed by atoms with Crippen molar-refractivity contribution in [1.29, 1.82) is 0 Å². The van der Waals surface area contributed by atoms with Gasteiger partial charge in [0.05, 0.1) is 5.41 Å². The molecule has 5 nitrogen and oxygen atoms in total. The Labute approximate surface area is 153 Å². The number of benzene rings is 1. The van der Waals surface area contributed by atoms with E-state index in [9.17, 15) is 14.0 Å². The van der Waals surface area contributed by atoms with Crippen LogP contribution < -0.4 is 5.32 Å². The number of anilines is 1. The van der Waals surface area contributed by atoms with Gasteiger partial charge in [0.25, 0.3) is 0 Å². The molecule has 140 valence electrons. The van der Waals surface area contributed by atoms with Crippen LogP contribution in [0, 0.1) is 5.82 Å². The van der Waals surface area contributed by atoms with Gasteiger partial charge in [-0.2, -0.15) is 0 Å². The zero-order valence-corrected chi connectivity index (χ0v) is 15.3. The van der Waals surface area contributed by atoms with E-state index in [4.69, 9.17) is 0 Å². The lowest BCUT2D eigenvalue weighted by Gasteiger charge is -2.40. The number of carbonyl (C=O) groups is 2. The summed E-state index contributed by atoms with van der Waals surface area (Å²) in [7, 11) is 0. The number of fused-ring (bicyclic) bond motifs is 2. The summed E-state index contributed by atoms with van der Waals surface area (Å²) in [6, 6.07) is 5.05. The van der Waals surface area contributed by atoms with E-state index in [1.165, 1.54) is 12.1 Å². The smallest absolute Gasteiger partial charge is 0.235 e. The monoisotopic (exact) mass is 359 g/mol. The largest absolute Gasteiger partial charge is 0.342 e. The zero-order chi connectivity index (χ0) is 18.3. The average Bonchev–Trinajstić information content (AvgIpc) is 2.81. The molecule has 1 saturated heterocycles. The number of nitrogens with one attached hydrogen (secondary N) is 1. The first-order chi connectivity index (χ1) is 12.5. The minimum atomic E-state index is -0.564. The van der Waals surface area contributed by atoms with Crippen LogP contribution in [0.2, 0.25) is 0 Å². The lowest BCUT2D eigenvalue weighted by Crippen LogP contribution is -2.46. The molecule has 0 bridgehead atoms. The molecular weight excluding hydrogens is 333 g/mol. The molecule has 6 heteroatoms. The van der Waals surface area contributed by atoms with Crippen molar-refractivity contribution < 1.29 is 14.0 Å². The summed E-state index contributed by atoms with van der Waals surface area (Å²) in [6.07, 6.45) is 4.38. The van der Waals surface area contributed by atoms with E-state index < -0.39 is 5.41 Å². The van der Waals surface area contributed by atoms with Gasteiger partial charge in [-0.05, 0) is 55.9 Å². The minimum Gasteiger partial charge on any atom is -0.342 e. The standard InChI is InChI=1S/C20H26FN3O2/c1-14(25)23-9-2-10-24(12-11-23)16-5-7-20(8-6-16)17-13-15(21)3-4-18(17)22-19(20)26/h3-4,13,16H,2,5-12H2,1H3,(H,22,26). The Bertz CT molecular complexity index is 728. The summed E-state index contributed by atoms with van der Waals surface area (Å²) in [5.41, 5.74) is 1.03. The molecule has 0 unspecified atom stereocenters. The SMILES string of the molecule is CC(=O)N1CCCN(C2CCC3(CC2)C(=O)Nc2ccc(F)cc23)CC1. The Kier molecular flexibility index (Phi) is 4.47. The fourth-order valence-corrected chi connectivity index (χ4v) is 4.96. The highest BCUT2D eigenvalue weighted by Gasteiger charge is 2.49. The molecule has 1 aliphatic carbocycles. The quantitative estimate of drug-likeness (QED) is 0.838. The number of rotatable bonds is 1. The third-order valence-corrected chi connectivity index (χ3v) is 6.48. The number of nitrogens with zero attached hydrogens (tertiary/aromatic N) is 2. The summed E-state index contributed by atoms with van der Waals surface area (Å²) in [5.74, 6) is -0.107. The maximum atomic E-state index is 13.8. The van der Waals surface area contributed by atoms with Gasteiger partial charge in [-0.25, -0.2) is 4.39 Å². The molecule has 4 rings (SSSR count). The van der Waals surface area contributed by atoms with E-state index in [0.717, 1.165) is 69.5 Å². The third kappa shape index (κ3) is 2.90. The molecule has 2 heterocycles. The van der Waals surface area contributed by atoms with Crippen molar-refractivity contribution in [3.05, 3.63) is 29.6 Å². The number of halogens is 1. The number of hydrogen-bond donors (Lipinski definition) is 1. The van der Waals surface area contributed by atoms with Crippen molar-refractivity contribution in [2.75, 3.05) is 31.5 Å². The van der Waals surface area contributed by atoms with E-state index in [1.54, 1.807) is 13.0 Å². The van der Waals surface area contributed by atoms with E-state index in [2.05, 4.69) is 10.2 Å². The minimum absolute atomic E-state index is 0.0233. The van der Waals surface area contributed by atoms with Gasteiger partial charge in [0.15, 0.2) is 0 Å². The van der Waals surface area contributed by atoms with Crippen LogP contribution in [0.4, 0.5) is 10.1 Å². The number of hydrogen-bond acceptors (Lipinski definition) is 3. The predicted molar refractivity (Wildman–Crippen MR) is 97.4 cm³/mol. The van der Waals surface area contributed by atoms with Crippen LogP contribution in [0.25, 0.3) is 0 Å². The zero-order valence-electron chi connectivity index (χ0n) is 15.3. The molecule has 1 aromatic carbocycles. The molecule has 1 spiro atoms. The second-order valence-corrected chi connectivity index (χ2v) is 7.85. The van der Waals surface area contributed by atoms with E-state index in [1.807, 2.05) is 4.90 Å². The van der Waals surface area contributed by atoms with Crippen LogP contribution in [-0.2, 0) is 15.0 Å². The van der Waals surface area contributed by atoms with E-state index in [0.29, 0.717) is 6.04 Å². The Morgan fingerprint density at radius 2 is 1.96 bits per heavy atom. The normalized spacial score (nSPS) is 29.4. The highest BCUT2D eigenvalue weighted by molar-refractivity contribution is 6.06. The molecule has 2 fully saturated rings. The molecule has 2 aliphatic heterocycles. The molecular formula is C20H26FN3O2. The summed E-state index contributed by atoms with van der Waals surface area (Å²) < 4.78 is 13.8.